The third-order valence-electron chi connectivity index (χ3n) is 6.18. The van der Waals surface area contributed by atoms with Crippen molar-refractivity contribution in [1.82, 2.24) is 19.5 Å². The van der Waals surface area contributed by atoms with Gasteiger partial charge in [-0.2, -0.15) is 18.3 Å². The van der Waals surface area contributed by atoms with Gasteiger partial charge in [-0.1, -0.05) is 29.8 Å². The van der Waals surface area contributed by atoms with Crippen molar-refractivity contribution in [2.45, 2.75) is 43.7 Å². The van der Waals surface area contributed by atoms with Crippen molar-refractivity contribution in [3.63, 3.8) is 0 Å². The Kier molecular flexibility index (Phi) is 8.79. The average Bonchev–Trinajstić information content (AvgIpc) is 3.38. The van der Waals surface area contributed by atoms with Crippen LogP contribution in [0.4, 0.5) is 18.0 Å². The van der Waals surface area contributed by atoms with Gasteiger partial charge in [0, 0.05) is 18.9 Å². The van der Waals surface area contributed by atoms with Gasteiger partial charge < -0.3 is 14.7 Å². The van der Waals surface area contributed by atoms with E-state index in [0.717, 1.165) is 40.6 Å². The van der Waals surface area contributed by atoms with Gasteiger partial charge >= 0.3 is 12.3 Å². The van der Waals surface area contributed by atoms with E-state index in [4.69, 9.17) is 4.84 Å². The number of halogens is 3. The first kappa shape index (κ1) is 31.1. The normalized spacial score (nSPS) is 16.2. The van der Waals surface area contributed by atoms with Gasteiger partial charge in [0.05, 0.1) is 34.9 Å². The molecule has 0 saturated carbocycles. The van der Waals surface area contributed by atoms with Gasteiger partial charge in [-0.3, -0.25) is 9.63 Å². The van der Waals surface area contributed by atoms with Crippen LogP contribution in [0.3, 0.4) is 0 Å². The summed E-state index contributed by atoms with van der Waals surface area (Å²) in [5.41, 5.74) is 0.488. The summed E-state index contributed by atoms with van der Waals surface area (Å²) in [4.78, 5) is 28.0. The number of carbonyl (C=O) groups is 2. The highest BCUT2D eigenvalue weighted by atomic mass is 32.2. The van der Waals surface area contributed by atoms with E-state index in [0.29, 0.717) is 5.56 Å². The summed E-state index contributed by atoms with van der Waals surface area (Å²) in [6.45, 7) is 3.12. The Morgan fingerprint density at radius 2 is 1.81 bits per heavy atom. The van der Waals surface area contributed by atoms with E-state index < -0.39 is 46.3 Å². The lowest BCUT2D eigenvalue weighted by atomic mass is 10.1. The lowest BCUT2D eigenvalue weighted by Crippen LogP contribution is -2.59. The Morgan fingerprint density at radius 1 is 1.16 bits per heavy atom. The Morgan fingerprint density at radius 3 is 2.37 bits per heavy atom. The molecule has 1 fully saturated rings. The summed E-state index contributed by atoms with van der Waals surface area (Å²) >= 11 is 0. The molecular formula is C25H25F3N6O8S. The van der Waals surface area contributed by atoms with Crippen molar-refractivity contribution in [2.24, 2.45) is 5.28 Å². The average molecular weight is 627 g/mol. The number of benzene rings is 2. The summed E-state index contributed by atoms with van der Waals surface area (Å²) in [7, 11) is -3.38. The minimum Gasteiger partial charge on any atom is -0.569 e. The molecule has 1 N–H and O–H groups in total. The molecule has 14 nitrogen and oxygen atoms in total. The van der Waals surface area contributed by atoms with Gasteiger partial charge in [0.2, 0.25) is 5.28 Å². The third kappa shape index (κ3) is 7.14. The summed E-state index contributed by atoms with van der Waals surface area (Å²) in [5, 5.41) is 19.9. The Bertz CT molecular complexity index is 1630. The molecule has 0 bridgehead atoms. The fourth-order valence-electron chi connectivity index (χ4n) is 3.88. The highest BCUT2D eigenvalue weighted by Gasteiger charge is 2.42. The second-order valence-electron chi connectivity index (χ2n) is 9.20. The van der Waals surface area contributed by atoms with Crippen LogP contribution in [-0.2, 0) is 35.3 Å². The quantitative estimate of drug-likeness (QED) is 0.122. The number of rotatable bonds is 9. The Balaban J connectivity index is 1.48. The number of carbonyl (C=O) groups excluding carboxylic acids is 2. The molecule has 0 aliphatic carbocycles. The molecule has 230 valence electrons. The molecule has 1 aromatic heterocycles. The van der Waals surface area contributed by atoms with Crippen LogP contribution < -0.4 is 4.72 Å². The number of amides is 1. The maximum atomic E-state index is 13.5. The van der Waals surface area contributed by atoms with Crippen molar-refractivity contribution in [1.29, 1.82) is 0 Å². The van der Waals surface area contributed by atoms with Crippen LogP contribution in [0, 0.1) is 12.1 Å². The molecule has 1 unspecified atom stereocenters. The molecule has 1 aliphatic heterocycles. The zero-order valence-electron chi connectivity index (χ0n) is 22.8. The monoisotopic (exact) mass is 626 g/mol. The first-order valence-corrected chi connectivity index (χ1v) is 13.9. The highest BCUT2D eigenvalue weighted by Crippen LogP contribution is 2.33. The van der Waals surface area contributed by atoms with E-state index in [2.05, 4.69) is 19.8 Å². The summed E-state index contributed by atoms with van der Waals surface area (Å²) < 4.78 is 78.0. The van der Waals surface area contributed by atoms with E-state index in [1.54, 1.807) is 24.3 Å². The number of aryl methyl sites for hydroxylation is 1. The minimum absolute atomic E-state index is 0.0442. The van der Waals surface area contributed by atoms with Crippen LogP contribution >= 0.6 is 0 Å². The predicted octanol–water partition coefficient (Wildman–Crippen LogP) is 3.68. The minimum atomic E-state index is -4.72. The number of hydrogen-bond donors (Lipinski definition) is 1. The molecule has 2 atom stereocenters. The van der Waals surface area contributed by atoms with Crippen molar-refractivity contribution >= 4 is 22.1 Å². The number of sulfonamides is 1. The molecule has 2 heterocycles. The van der Waals surface area contributed by atoms with Crippen LogP contribution in [0.5, 0.6) is 0 Å². The molecule has 1 aliphatic rings. The number of methoxy groups -OCH3 is 1. The van der Waals surface area contributed by atoms with Crippen LogP contribution in [0.25, 0.3) is 16.9 Å². The summed E-state index contributed by atoms with van der Waals surface area (Å²) in [6, 6.07) is 11.1. The number of nitrogens with zero attached hydrogens (tertiary/aromatic N) is 5. The van der Waals surface area contributed by atoms with Gasteiger partial charge in [-0.25, -0.2) is 22.6 Å². The second kappa shape index (κ2) is 12.2. The largest absolute Gasteiger partial charge is 0.569 e. The van der Waals surface area contributed by atoms with Gasteiger partial charge in [0.15, 0.2) is 11.7 Å². The van der Waals surface area contributed by atoms with Gasteiger partial charge in [0.25, 0.3) is 22.2 Å². The fourth-order valence-corrected chi connectivity index (χ4v) is 4.89. The van der Waals surface area contributed by atoms with Gasteiger partial charge in [0.1, 0.15) is 0 Å². The smallest absolute Gasteiger partial charge is 0.511 e. The van der Waals surface area contributed by atoms with Crippen LogP contribution in [-0.4, -0.2) is 66.2 Å². The molecule has 1 amide bonds. The van der Waals surface area contributed by atoms with E-state index in [1.807, 2.05) is 11.6 Å². The molecule has 3 aromatic rings. The molecule has 4 rings (SSSR count). The highest BCUT2D eigenvalue weighted by molar-refractivity contribution is 7.90. The van der Waals surface area contributed by atoms with Gasteiger partial charge in [-0.05, 0) is 37.3 Å². The standard InChI is InChI=1S/C25H25F3N6O8S/c1-15-4-6-17(7-5-15)21-14-22(25(26,27)28)29-33(21)18-8-10-19(11-9-18)43(38,39)30-23(35)20-12-13-32(20)34(37)31-42-16(2)41-24(36)40-3/h4-11,14,16,20H,12-13H2,1-3H3,(H,30,35)/t16?,20-/m0/s1. The van der Waals surface area contributed by atoms with Crippen LogP contribution in [0.2, 0.25) is 0 Å². The Labute approximate surface area is 242 Å². The number of ether oxygens (including phenoxy) is 2. The number of aromatic nitrogens is 2. The molecule has 43 heavy (non-hydrogen) atoms. The van der Waals surface area contributed by atoms with E-state index >= 15 is 0 Å². The molecule has 1 saturated heterocycles. The molecular weight excluding hydrogens is 601 g/mol. The lowest BCUT2D eigenvalue weighted by Gasteiger charge is -2.33. The third-order valence-corrected chi connectivity index (χ3v) is 7.54. The van der Waals surface area contributed by atoms with Gasteiger partial charge in [-0.15, -0.1) is 5.01 Å². The maximum Gasteiger partial charge on any atom is 0.511 e. The van der Waals surface area contributed by atoms with Crippen molar-refractivity contribution < 1.29 is 50.5 Å². The summed E-state index contributed by atoms with van der Waals surface area (Å²) in [5.74, 6) is -1.03. The first-order valence-electron chi connectivity index (χ1n) is 12.5. The topological polar surface area (TPSA) is 167 Å². The Hall–Kier alpha value is -4.87. The second-order valence-corrected chi connectivity index (χ2v) is 10.9. The van der Waals surface area contributed by atoms with Crippen molar-refractivity contribution in [3.8, 4) is 16.9 Å². The first-order chi connectivity index (χ1) is 20.2. The van der Waals surface area contributed by atoms with E-state index in [9.17, 15) is 36.4 Å². The zero-order chi connectivity index (χ0) is 31.5. The lowest BCUT2D eigenvalue weighted by molar-refractivity contribution is -0.730. The number of hydrazine groups is 1. The predicted molar refractivity (Wildman–Crippen MR) is 139 cm³/mol. The number of hydrogen-bond acceptors (Lipinski definition) is 10. The fraction of sp³-hybridized carbons (Fsp3) is 0.320. The summed E-state index contributed by atoms with van der Waals surface area (Å²) in [6.07, 6.45) is -6.98. The molecule has 0 radical (unpaired) electrons. The molecule has 2 aromatic carbocycles. The van der Waals surface area contributed by atoms with Crippen molar-refractivity contribution in [3.05, 3.63) is 71.1 Å². The maximum absolute atomic E-state index is 13.5. The van der Waals surface area contributed by atoms with Crippen molar-refractivity contribution in [2.75, 3.05) is 13.7 Å². The molecule has 0 spiro atoms. The molecule has 18 heteroatoms. The zero-order valence-corrected chi connectivity index (χ0v) is 23.6. The van der Waals surface area contributed by atoms with E-state index in [-0.39, 0.29) is 34.2 Å². The number of nitrogens with one attached hydrogen (secondary N) is 1. The van der Waals surface area contributed by atoms with E-state index in [1.165, 1.54) is 19.1 Å². The number of alkyl halides is 3. The van der Waals surface area contributed by atoms with Crippen LogP contribution in [0.15, 0.2) is 64.8 Å². The van der Waals surface area contributed by atoms with Crippen LogP contribution in [0.1, 0.15) is 24.6 Å². The SMILES string of the molecule is COC(=O)OC(C)ON=[N+]([O-])N1CC[C@H]1C(=O)NS(=O)(=O)c1ccc(-n2nc(C(F)(F)F)cc2-c2ccc(C)cc2)cc1.